The summed E-state index contributed by atoms with van der Waals surface area (Å²) < 4.78 is 53.3. The van der Waals surface area contributed by atoms with E-state index in [2.05, 4.69) is 22.0 Å². The Hall–Kier alpha value is -3.40. The van der Waals surface area contributed by atoms with E-state index in [1.807, 2.05) is 6.07 Å². The van der Waals surface area contributed by atoms with Crippen molar-refractivity contribution in [2.75, 3.05) is 4.90 Å². The predicted molar refractivity (Wildman–Crippen MR) is 132 cm³/mol. The number of fused-ring (bicyclic) bond motifs is 2. The Balaban J connectivity index is 1.23. The molecule has 0 radical (unpaired) electrons. The van der Waals surface area contributed by atoms with Crippen molar-refractivity contribution in [3.8, 4) is 11.3 Å². The number of benzene rings is 1. The summed E-state index contributed by atoms with van der Waals surface area (Å²) in [4.78, 5) is 18.0. The van der Waals surface area contributed by atoms with Crippen molar-refractivity contribution in [1.29, 1.82) is 0 Å². The molecule has 0 spiro atoms. The summed E-state index contributed by atoms with van der Waals surface area (Å²) in [5, 5.41) is 13.5. The number of halogens is 3. The van der Waals surface area contributed by atoms with E-state index in [4.69, 9.17) is 9.26 Å². The van der Waals surface area contributed by atoms with Crippen LogP contribution in [0, 0.1) is 5.92 Å². The number of carboxylic acid groups (broad SMARTS) is 1. The van der Waals surface area contributed by atoms with Gasteiger partial charge in [-0.2, -0.15) is 13.2 Å². The summed E-state index contributed by atoms with van der Waals surface area (Å²) in [5.74, 6) is 0.757. The lowest BCUT2D eigenvalue weighted by atomic mass is 9.96. The number of ether oxygens (including phenoxy) is 1. The number of aromatic nitrogens is 2. The number of rotatable bonds is 7. The summed E-state index contributed by atoms with van der Waals surface area (Å²) in [6, 6.07) is 10.7. The zero-order valence-electron chi connectivity index (χ0n) is 20.8. The molecule has 6 rings (SSSR count). The third-order valence-corrected chi connectivity index (χ3v) is 8.03. The Morgan fingerprint density at radius 1 is 1.13 bits per heavy atom. The van der Waals surface area contributed by atoms with Crippen molar-refractivity contribution >= 4 is 11.8 Å². The number of anilines is 1. The molecule has 3 aliphatic rings. The van der Waals surface area contributed by atoms with Gasteiger partial charge in [0.05, 0.1) is 18.3 Å². The predicted octanol–water partition coefficient (Wildman–Crippen LogP) is 6.29. The third kappa shape index (κ3) is 4.55. The highest BCUT2D eigenvalue weighted by atomic mass is 19.4. The normalized spacial score (nSPS) is 25.1. The highest BCUT2D eigenvalue weighted by Gasteiger charge is 2.46. The minimum Gasteiger partial charge on any atom is -0.477 e. The van der Waals surface area contributed by atoms with Crippen molar-refractivity contribution in [1.82, 2.24) is 10.1 Å². The Kier molecular flexibility index (Phi) is 6.17. The fourth-order valence-corrected chi connectivity index (χ4v) is 6.13. The van der Waals surface area contributed by atoms with Crippen LogP contribution in [0.2, 0.25) is 0 Å². The molecule has 1 aromatic carbocycles. The van der Waals surface area contributed by atoms with Crippen LogP contribution in [0.3, 0.4) is 0 Å². The molecule has 1 N–H and O–H groups in total. The Morgan fingerprint density at radius 2 is 1.92 bits per heavy atom. The standard InChI is InChI=1S/C28H28F3N3O4/c1-15-11-17-12-18(13-23(15)34(17)24-8-4-7-22(32-24)27(35)36)37-14-20-25(33-38-26(20)16-9-10-16)19-5-2-3-6-21(19)28(29,30)31/h2-8,15-18,23H,9-14H2,1H3,(H,35,36). The minimum absolute atomic E-state index is 0.00199. The van der Waals surface area contributed by atoms with Gasteiger partial charge in [0.25, 0.3) is 0 Å². The zero-order valence-corrected chi connectivity index (χ0v) is 20.8. The Morgan fingerprint density at radius 3 is 2.63 bits per heavy atom. The number of hydrogen-bond donors (Lipinski definition) is 1. The molecule has 1 saturated carbocycles. The van der Waals surface area contributed by atoms with Gasteiger partial charge in [0.1, 0.15) is 17.3 Å². The van der Waals surface area contributed by atoms with Gasteiger partial charge in [-0.3, -0.25) is 0 Å². The van der Waals surface area contributed by atoms with Crippen LogP contribution in [0.4, 0.5) is 19.0 Å². The van der Waals surface area contributed by atoms with Gasteiger partial charge >= 0.3 is 12.1 Å². The molecule has 0 amide bonds. The van der Waals surface area contributed by atoms with E-state index in [0.29, 0.717) is 23.1 Å². The van der Waals surface area contributed by atoms with Crippen molar-refractivity contribution in [2.24, 2.45) is 5.92 Å². The van der Waals surface area contributed by atoms with Gasteiger partial charge < -0.3 is 19.3 Å². The van der Waals surface area contributed by atoms with Crippen LogP contribution in [-0.2, 0) is 17.5 Å². The molecule has 2 aliphatic heterocycles. The van der Waals surface area contributed by atoms with Crippen LogP contribution in [-0.4, -0.2) is 39.4 Å². The number of pyridine rings is 1. The molecular formula is C28H28F3N3O4. The van der Waals surface area contributed by atoms with Crippen molar-refractivity contribution in [3.63, 3.8) is 0 Å². The van der Waals surface area contributed by atoms with Crippen LogP contribution < -0.4 is 4.90 Å². The van der Waals surface area contributed by atoms with Crippen LogP contribution in [0.1, 0.15) is 72.3 Å². The first-order chi connectivity index (χ1) is 18.2. The smallest absolute Gasteiger partial charge is 0.417 e. The number of carboxylic acids is 1. The average Bonchev–Trinajstić information content (AvgIpc) is 3.61. The lowest BCUT2D eigenvalue weighted by Gasteiger charge is -2.40. The Labute approximate surface area is 217 Å². The van der Waals surface area contributed by atoms with Gasteiger partial charge in [-0.15, -0.1) is 0 Å². The number of piperidine rings is 1. The lowest BCUT2D eigenvalue weighted by Crippen LogP contribution is -2.47. The fourth-order valence-electron chi connectivity index (χ4n) is 6.13. The summed E-state index contributed by atoms with van der Waals surface area (Å²) in [6.07, 6.45) is -0.388. The van der Waals surface area contributed by atoms with Gasteiger partial charge in [-0.05, 0) is 56.2 Å². The molecule has 3 fully saturated rings. The van der Waals surface area contributed by atoms with Crippen LogP contribution in [0.5, 0.6) is 0 Å². The van der Waals surface area contributed by atoms with Crippen LogP contribution in [0.25, 0.3) is 11.3 Å². The summed E-state index contributed by atoms with van der Waals surface area (Å²) in [6.45, 7) is 2.31. The number of carbonyl (C=O) groups is 1. The third-order valence-electron chi connectivity index (χ3n) is 8.03. The highest BCUT2D eigenvalue weighted by Crippen LogP contribution is 2.47. The monoisotopic (exact) mass is 527 g/mol. The van der Waals surface area contributed by atoms with E-state index < -0.39 is 17.7 Å². The van der Waals surface area contributed by atoms with E-state index >= 15 is 0 Å². The van der Waals surface area contributed by atoms with Gasteiger partial charge in [0, 0.05) is 29.1 Å². The minimum atomic E-state index is -4.51. The number of alkyl halides is 3. The number of hydrogen-bond acceptors (Lipinski definition) is 6. The molecule has 10 heteroatoms. The molecule has 1 aliphatic carbocycles. The van der Waals surface area contributed by atoms with E-state index in [1.165, 1.54) is 18.2 Å². The van der Waals surface area contributed by atoms with Crippen LogP contribution >= 0.6 is 0 Å². The van der Waals surface area contributed by atoms with E-state index in [1.54, 1.807) is 12.1 Å². The molecule has 2 saturated heterocycles. The molecule has 2 bridgehead atoms. The van der Waals surface area contributed by atoms with E-state index in [0.717, 1.165) is 38.2 Å². The molecule has 4 atom stereocenters. The van der Waals surface area contributed by atoms with Crippen LogP contribution in [0.15, 0.2) is 47.0 Å². The van der Waals surface area contributed by atoms with E-state index in [-0.39, 0.29) is 47.7 Å². The second-order valence-corrected chi connectivity index (χ2v) is 10.6. The van der Waals surface area contributed by atoms with Gasteiger partial charge in [-0.25, -0.2) is 9.78 Å². The molecule has 200 valence electrons. The molecule has 4 unspecified atom stereocenters. The average molecular weight is 528 g/mol. The topological polar surface area (TPSA) is 88.7 Å². The fraction of sp³-hybridized carbons (Fsp3) is 0.464. The molecule has 7 nitrogen and oxygen atoms in total. The van der Waals surface area contributed by atoms with Crippen molar-refractivity contribution in [3.05, 3.63) is 65.0 Å². The maximum absolute atomic E-state index is 13.8. The lowest BCUT2D eigenvalue weighted by molar-refractivity contribution is -0.137. The molecule has 38 heavy (non-hydrogen) atoms. The summed E-state index contributed by atoms with van der Waals surface area (Å²) in [5.41, 5.74) is 0.0705. The highest BCUT2D eigenvalue weighted by molar-refractivity contribution is 5.85. The van der Waals surface area contributed by atoms with Gasteiger partial charge in [-0.1, -0.05) is 36.3 Å². The van der Waals surface area contributed by atoms with E-state index in [9.17, 15) is 23.1 Å². The molecule has 3 aromatic rings. The largest absolute Gasteiger partial charge is 0.477 e. The maximum Gasteiger partial charge on any atom is 0.417 e. The van der Waals surface area contributed by atoms with Crippen molar-refractivity contribution in [2.45, 2.75) is 75.9 Å². The second-order valence-electron chi connectivity index (χ2n) is 10.6. The number of aromatic carboxylic acids is 1. The van der Waals surface area contributed by atoms with Crippen molar-refractivity contribution < 1.29 is 32.3 Å². The first-order valence-electron chi connectivity index (χ1n) is 13.0. The SMILES string of the molecule is CC1CC2CC(OCc3c(-c4ccccc4C(F)(F)F)noc3C3CC3)CC1N2c1cccc(C(=O)O)n1. The first kappa shape index (κ1) is 24.9. The summed E-state index contributed by atoms with van der Waals surface area (Å²) >= 11 is 0. The second kappa shape index (κ2) is 9.41. The zero-order chi connectivity index (χ0) is 26.6. The van der Waals surface area contributed by atoms with Gasteiger partial charge in [0.15, 0.2) is 5.69 Å². The molecular weight excluding hydrogens is 499 g/mol. The Bertz CT molecular complexity index is 1350. The number of nitrogens with zero attached hydrogens (tertiary/aromatic N) is 3. The maximum atomic E-state index is 13.8. The first-order valence-corrected chi connectivity index (χ1v) is 13.0. The van der Waals surface area contributed by atoms with Gasteiger partial charge in [0.2, 0.25) is 0 Å². The quantitative estimate of drug-likeness (QED) is 0.386. The molecule has 4 heterocycles. The molecule has 2 aromatic heterocycles. The summed E-state index contributed by atoms with van der Waals surface area (Å²) in [7, 11) is 0.